The molecule has 0 saturated heterocycles. The Kier molecular flexibility index (Phi) is 5.75. The van der Waals surface area contributed by atoms with Gasteiger partial charge >= 0.3 is 24.6 Å². The molecule has 0 fully saturated rings. The highest BCUT2D eigenvalue weighted by Gasteiger charge is 2.24. The Morgan fingerprint density at radius 2 is 1.29 bits per heavy atom. The first-order valence-corrected chi connectivity index (χ1v) is 6.80. The van der Waals surface area contributed by atoms with Crippen LogP contribution in [0.1, 0.15) is 0 Å². The lowest BCUT2D eigenvalue weighted by Crippen LogP contribution is -2.11. The Bertz CT molecular complexity index is 957. The van der Waals surface area contributed by atoms with Crippen LogP contribution >= 0.6 is 0 Å². The minimum Gasteiger partial charge on any atom is -0.449 e. The Morgan fingerprint density at radius 1 is 0.714 bits per heavy atom. The van der Waals surface area contributed by atoms with E-state index in [0.29, 0.717) is 0 Å². The zero-order chi connectivity index (χ0) is 20.8. The molecule has 0 amide bonds. The molecule has 14 nitrogen and oxygen atoms in total. The number of rotatable bonds is 5. The van der Waals surface area contributed by atoms with E-state index < -0.39 is 59.0 Å². The van der Waals surface area contributed by atoms with Crippen molar-refractivity contribution >= 4 is 24.6 Å². The van der Waals surface area contributed by atoms with Crippen molar-refractivity contribution in [2.24, 2.45) is 0 Å². The first-order chi connectivity index (χ1) is 13.2. The van der Waals surface area contributed by atoms with Crippen LogP contribution in [0.3, 0.4) is 0 Å². The van der Waals surface area contributed by atoms with Crippen molar-refractivity contribution in [3.8, 4) is 34.4 Å². The van der Waals surface area contributed by atoms with Crippen molar-refractivity contribution in [2.75, 3.05) is 0 Å². The van der Waals surface area contributed by atoms with E-state index in [1.165, 1.54) is 0 Å². The zero-order valence-electron chi connectivity index (χ0n) is 13.3. The summed E-state index contributed by atoms with van der Waals surface area (Å²) in [5.41, 5.74) is -0.881. The van der Waals surface area contributed by atoms with Gasteiger partial charge in [-0.15, -0.1) is 0 Å². The van der Waals surface area contributed by atoms with Crippen LogP contribution < -0.4 is 18.9 Å². The van der Waals surface area contributed by atoms with Crippen molar-refractivity contribution in [1.29, 1.82) is 0 Å². The second-order valence-corrected chi connectivity index (χ2v) is 4.48. The molecule has 4 N–H and O–H groups in total. The Labute approximate surface area is 153 Å². The summed E-state index contributed by atoms with van der Waals surface area (Å²) in [6.07, 6.45) is -5.48. The summed E-state index contributed by atoms with van der Waals surface area (Å²) in [5.74, 6) is -2.42. The Morgan fingerprint density at radius 3 is 1.86 bits per heavy atom. The number of pyridine rings is 2. The molecule has 2 aromatic rings. The maximum Gasteiger partial charge on any atom is 0.512 e. The van der Waals surface area contributed by atoms with Crippen LogP contribution in [0.15, 0.2) is 24.5 Å². The maximum atomic E-state index is 11.0. The normalized spacial score (nSPS) is 9.86. The van der Waals surface area contributed by atoms with Crippen LogP contribution in [-0.2, 0) is 0 Å². The van der Waals surface area contributed by atoms with Crippen molar-refractivity contribution in [3.63, 3.8) is 0 Å². The minimum atomic E-state index is -1.87. The van der Waals surface area contributed by atoms with Gasteiger partial charge in [-0.25, -0.2) is 24.2 Å². The molecule has 0 aliphatic carbocycles. The molecule has 0 spiro atoms. The van der Waals surface area contributed by atoms with Gasteiger partial charge in [0.1, 0.15) is 5.69 Å². The number of nitrogens with zero attached hydrogens (tertiary/aromatic N) is 2. The first kappa shape index (κ1) is 19.7. The molecule has 2 aromatic heterocycles. The number of hydrogen-bond donors (Lipinski definition) is 4. The van der Waals surface area contributed by atoms with Crippen molar-refractivity contribution in [1.82, 2.24) is 9.97 Å². The predicted molar refractivity (Wildman–Crippen MR) is 82.1 cm³/mol. The van der Waals surface area contributed by atoms with Gasteiger partial charge in [0.25, 0.3) is 0 Å². The van der Waals surface area contributed by atoms with Gasteiger partial charge in [0, 0.05) is 12.3 Å². The van der Waals surface area contributed by atoms with E-state index in [1.54, 1.807) is 0 Å². The van der Waals surface area contributed by atoms with Crippen LogP contribution in [0.4, 0.5) is 19.2 Å². The van der Waals surface area contributed by atoms with E-state index in [0.717, 1.165) is 24.5 Å². The van der Waals surface area contributed by atoms with Gasteiger partial charge in [-0.2, -0.15) is 0 Å². The molecule has 0 unspecified atom stereocenters. The lowest BCUT2D eigenvalue weighted by atomic mass is 10.1. The number of carboxylic acid groups (broad SMARTS) is 4. The van der Waals surface area contributed by atoms with Gasteiger partial charge in [-0.1, -0.05) is 0 Å². The van der Waals surface area contributed by atoms with Crippen molar-refractivity contribution in [2.45, 2.75) is 0 Å². The third-order valence-corrected chi connectivity index (χ3v) is 2.73. The van der Waals surface area contributed by atoms with Crippen LogP contribution in [0, 0.1) is 0 Å². The first-order valence-electron chi connectivity index (χ1n) is 6.80. The molecule has 0 radical (unpaired) electrons. The van der Waals surface area contributed by atoms with E-state index in [9.17, 15) is 19.2 Å². The van der Waals surface area contributed by atoms with E-state index in [4.69, 9.17) is 20.4 Å². The highest BCUT2D eigenvalue weighted by Crippen LogP contribution is 2.41. The fourth-order valence-electron chi connectivity index (χ4n) is 1.90. The van der Waals surface area contributed by atoms with Crippen molar-refractivity contribution in [3.05, 3.63) is 24.5 Å². The average Bonchev–Trinajstić information content (AvgIpc) is 2.56. The van der Waals surface area contributed by atoms with Gasteiger partial charge in [0.05, 0.1) is 11.8 Å². The molecule has 14 heteroatoms. The van der Waals surface area contributed by atoms with Crippen LogP contribution in [0.5, 0.6) is 23.1 Å². The number of hydrogen-bond acceptors (Lipinski definition) is 10. The lowest BCUT2D eigenvalue weighted by Gasteiger charge is -2.13. The maximum absolute atomic E-state index is 11.0. The standard InChI is InChI=1S/C14H8N2O12/c17-11(18)25-6-1-2-8(27-13(21)22)16-9(6)5-3-15-4-7(26-12(19)20)10(5)28-14(23)24/h1-4H,(H,17,18)(H,19,20)(H,21,22)(H,23,24). The monoisotopic (exact) mass is 396 g/mol. The van der Waals surface area contributed by atoms with Gasteiger partial charge < -0.3 is 39.4 Å². The largest absolute Gasteiger partial charge is 0.512 e. The van der Waals surface area contributed by atoms with Gasteiger partial charge in [-0.3, -0.25) is 4.98 Å². The second-order valence-electron chi connectivity index (χ2n) is 4.48. The fourth-order valence-corrected chi connectivity index (χ4v) is 1.90. The molecule has 2 rings (SSSR count). The fraction of sp³-hybridized carbons (Fsp3) is 0. The van der Waals surface area contributed by atoms with Gasteiger partial charge in [-0.05, 0) is 6.07 Å². The predicted octanol–water partition coefficient (Wildman–Crippen LogP) is 2.37. The number of ether oxygens (including phenoxy) is 4. The Balaban J connectivity index is 2.72. The highest BCUT2D eigenvalue weighted by molar-refractivity contribution is 5.80. The summed E-state index contributed by atoms with van der Waals surface area (Å²) in [7, 11) is 0. The van der Waals surface area contributed by atoms with Crippen molar-refractivity contribution < 1.29 is 58.6 Å². The second kappa shape index (κ2) is 8.17. The molecule has 0 aromatic carbocycles. The zero-order valence-corrected chi connectivity index (χ0v) is 13.3. The van der Waals surface area contributed by atoms with E-state index in [1.807, 2.05) is 0 Å². The smallest absolute Gasteiger partial charge is 0.449 e. The summed E-state index contributed by atoms with van der Waals surface area (Å²) < 4.78 is 17.7. The van der Waals surface area contributed by atoms with E-state index in [2.05, 4.69) is 28.9 Å². The molecule has 2 heterocycles. The van der Waals surface area contributed by atoms with E-state index in [-0.39, 0.29) is 0 Å². The van der Waals surface area contributed by atoms with Crippen LogP contribution in [-0.4, -0.2) is 55.0 Å². The molecule has 0 aliphatic rings. The topological polar surface area (TPSA) is 212 Å². The number of aromatic nitrogens is 2. The molecule has 0 bridgehead atoms. The number of carbonyl (C=O) groups is 4. The third kappa shape index (κ3) is 4.94. The third-order valence-electron chi connectivity index (χ3n) is 2.73. The molecular weight excluding hydrogens is 388 g/mol. The summed E-state index contributed by atoms with van der Waals surface area (Å²) in [4.78, 5) is 50.7. The summed E-state index contributed by atoms with van der Waals surface area (Å²) in [5, 5.41) is 35.1. The van der Waals surface area contributed by atoms with Gasteiger partial charge in [0.15, 0.2) is 17.2 Å². The quantitative estimate of drug-likeness (QED) is 0.534. The molecule has 0 saturated carbocycles. The highest BCUT2D eigenvalue weighted by atomic mass is 16.7. The van der Waals surface area contributed by atoms with E-state index >= 15 is 0 Å². The average molecular weight is 396 g/mol. The summed E-state index contributed by atoms with van der Waals surface area (Å²) in [6, 6.07) is 1.92. The molecule has 0 aliphatic heterocycles. The molecular formula is C14H8N2O12. The molecule has 0 atom stereocenters. The van der Waals surface area contributed by atoms with Gasteiger partial charge in [0.2, 0.25) is 5.88 Å². The SMILES string of the molecule is O=C(O)Oc1ccc(OC(=O)O)c(-c2cncc(OC(=O)O)c2OC(=O)O)n1. The molecule has 146 valence electrons. The molecule has 28 heavy (non-hydrogen) atoms. The lowest BCUT2D eigenvalue weighted by molar-refractivity contribution is 0.132. The Hall–Kier alpha value is -4.62. The van der Waals surface area contributed by atoms with Crippen LogP contribution in [0.2, 0.25) is 0 Å². The summed E-state index contributed by atoms with van der Waals surface area (Å²) >= 11 is 0. The minimum absolute atomic E-state index is 0.395. The summed E-state index contributed by atoms with van der Waals surface area (Å²) in [6.45, 7) is 0. The van der Waals surface area contributed by atoms with Crippen LogP contribution in [0.25, 0.3) is 11.3 Å².